The van der Waals surface area contributed by atoms with Gasteiger partial charge in [0.15, 0.2) is 0 Å². The molecule has 0 aliphatic heterocycles. The van der Waals surface area contributed by atoms with Gasteiger partial charge in [0.05, 0.1) is 6.04 Å². The van der Waals surface area contributed by atoms with Crippen molar-refractivity contribution in [2.75, 3.05) is 6.54 Å². The highest BCUT2D eigenvalue weighted by molar-refractivity contribution is 6.29. The number of rotatable bonds is 5. The molecule has 1 N–H and O–H groups in total. The van der Waals surface area contributed by atoms with Crippen LogP contribution in [0.1, 0.15) is 28.3 Å². The van der Waals surface area contributed by atoms with Crippen LogP contribution in [-0.2, 0) is 0 Å². The Morgan fingerprint density at radius 1 is 1.15 bits per heavy atom. The molecule has 0 heterocycles. The maximum atomic E-state index is 5.91. The van der Waals surface area contributed by atoms with E-state index in [0.717, 1.165) is 0 Å². The molecule has 0 bridgehead atoms. The van der Waals surface area contributed by atoms with Crippen molar-refractivity contribution >= 4 is 11.6 Å². The molecule has 0 aliphatic rings. The second-order valence-electron chi connectivity index (χ2n) is 5.10. The Balaban J connectivity index is 2.40. The summed E-state index contributed by atoms with van der Waals surface area (Å²) in [5.41, 5.74) is 5.06. The van der Waals surface area contributed by atoms with E-state index in [0.29, 0.717) is 11.6 Å². The van der Waals surface area contributed by atoms with Gasteiger partial charge in [-0.25, -0.2) is 0 Å². The Hall–Kier alpha value is -1.57. The molecule has 0 aliphatic carbocycles. The van der Waals surface area contributed by atoms with Crippen molar-refractivity contribution in [3.8, 4) is 0 Å². The van der Waals surface area contributed by atoms with Crippen LogP contribution in [-0.4, -0.2) is 6.54 Å². The standard InChI is InChI=1S/C18H20ClN/c1-13-9-10-14(2)17(11-13)18(20-12-15(3)19)16-7-5-4-6-8-16/h4-11,18,20H,3,12H2,1-2H3. The largest absolute Gasteiger partial charge is 0.301 e. The Morgan fingerprint density at radius 2 is 1.85 bits per heavy atom. The molecule has 2 aromatic carbocycles. The van der Waals surface area contributed by atoms with Crippen LogP contribution in [0.3, 0.4) is 0 Å². The summed E-state index contributed by atoms with van der Waals surface area (Å²) in [4.78, 5) is 0. The molecule has 2 heteroatoms. The first-order chi connectivity index (χ1) is 9.58. The minimum Gasteiger partial charge on any atom is -0.301 e. The second kappa shape index (κ2) is 6.74. The van der Waals surface area contributed by atoms with E-state index in [1.165, 1.54) is 22.3 Å². The summed E-state index contributed by atoms with van der Waals surface area (Å²) in [5, 5.41) is 4.11. The van der Waals surface area contributed by atoms with E-state index >= 15 is 0 Å². The average Bonchev–Trinajstić information content (AvgIpc) is 2.43. The van der Waals surface area contributed by atoms with Crippen LogP contribution >= 0.6 is 11.6 Å². The zero-order valence-electron chi connectivity index (χ0n) is 12.0. The molecule has 0 radical (unpaired) electrons. The van der Waals surface area contributed by atoms with Gasteiger partial charge in [-0.1, -0.05) is 72.3 Å². The molecular formula is C18H20ClN. The average molecular weight is 286 g/mol. The summed E-state index contributed by atoms with van der Waals surface area (Å²) in [6, 6.07) is 17.1. The van der Waals surface area contributed by atoms with Crippen molar-refractivity contribution in [3.05, 3.63) is 82.4 Å². The molecule has 0 saturated heterocycles. The Morgan fingerprint density at radius 3 is 2.50 bits per heavy atom. The Kier molecular flexibility index (Phi) is 4.99. The summed E-state index contributed by atoms with van der Waals surface area (Å²) in [7, 11) is 0. The highest BCUT2D eigenvalue weighted by atomic mass is 35.5. The van der Waals surface area contributed by atoms with Gasteiger partial charge in [0.2, 0.25) is 0 Å². The van der Waals surface area contributed by atoms with Crippen LogP contribution in [0.25, 0.3) is 0 Å². The molecule has 0 spiro atoms. The van der Waals surface area contributed by atoms with E-state index in [1.54, 1.807) is 0 Å². The Labute approximate surface area is 126 Å². The number of benzene rings is 2. The normalized spacial score (nSPS) is 12.2. The fourth-order valence-corrected chi connectivity index (χ4v) is 2.41. The van der Waals surface area contributed by atoms with Crippen molar-refractivity contribution in [1.29, 1.82) is 0 Å². The van der Waals surface area contributed by atoms with Gasteiger partial charge >= 0.3 is 0 Å². The zero-order chi connectivity index (χ0) is 14.5. The topological polar surface area (TPSA) is 12.0 Å². The van der Waals surface area contributed by atoms with Gasteiger partial charge in [-0.2, -0.15) is 0 Å². The first-order valence-electron chi connectivity index (χ1n) is 6.76. The minimum absolute atomic E-state index is 0.131. The van der Waals surface area contributed by atoms with Gasteiger partial charge in [-0.05, 0) is 30.5 Å². The lowest BCUT2D eigenvalue weighted by Gasteiger charge is -2.22. The molecule has 20 heavy (non-hydrogen) atoms. The lowest BCUT2D eigenvalue weighted by Crippen LogP contribution is -2.24. The third-order valence-electron chi connectivity index (χ3n) is 3.38. The number of aryl methyl sites for hydroxylation is 2. The van der Waals surface area contributed by atoms with Gasteiger partial charge in [-0.15, -0.1) is 0 Å². The predicted molar refractivity (Wildman–Crippen MR) is 87.2 cm³/mol. The summed E-state index contributed by atoms with van der Waals surface area (Å²) >= 11 is 5.91. The van der Waals surface area contributed by atoms with E-state index in [2.05, 4.69) is 68.2 Å². The minimum atomic E-state index is 0.131. The predicted octanol–water partition coefficient (Wildman–Crippen LogP) is 4.73. The van der Waals surface area contributed by atoms with E-state index in [-0.39, 0.29) is 6.04 Å². The van der Waals surface area contributed by atoms with Crippen LogP contribution in [0, 0.1) is 13.8 Å². The van der Waals surface area contributed by atoms with E-state index in [1.807, 2.05) is 6.07 Å². The van der Waals surface area contributed by atoms with Gasteiger partial charge < -0.3 is 5.32 Å². The number of hydrogen-bond acceptors (Lipinski definition) is 1. The van der Waals surface area contributed by atoms with Gasteiger partial charge in [0, 0.05) is 11.6 Å². The zero-order valence-corrected chi connectivity index (χ0v) is 12.7. The highest BCUT2D eigenvalue weighted by Crippen LogP contribution is 2.26. The SMILES string of the molecule is C=C(Cl)CNC(c1ccccc1)c1cc(C)ccc1C. The quantitative estimate of drug-likeness (QED) is 0.837. The summed E-state index contributed by atoms with van der Waals surface area (Å²) in [6.07, 6.45) is 0. The number of nitrogens with one attached hydrogen (secondary N) is 1. The molecule has 1 unspecified atom stereocenters. The third-order valence-corrected chi connectivity index (χ3v) is 3.51. The highest BCUT2D eigenvalue weighted by Gasteiger charge is 2.15. The van der Waals surface area contributed by atoms with Crippen molar-refractivity contribution in [1.82, 2.24) is 5.32 Å². The van der Waals surface area contributed by atoms with Crippen LogP contribution in [0.2, 0.25) is 0 Å². The summed E-state index contributed by atoms with van der Waals surface area (Å²) < 4.78 is 0. The fraction of sp³-hybridized carbons (Fsp3) is 0.222. The van der Waals surface area contributed by atoms with Crippen LogP contribution < -0.4 is 5.32 Å². The molecule has 104 valence electrons. The summed E-state index contributed by atoms with van der Waals surface area (Å²) in [6.45, 7) is 8.61. The molecule has 2 rings (SSSR count). The van der Waals surface area contributed by atoms with Crippen molar-refractivity contribution in [3.63, 3.8) is 0 Å². The van der Waals surface area contributed by atoms with Gasteiger partial charge in [0.25, 0.3) is 0 Å². The molecule has 0 aromatic heterocycles. The monoisotopic (exact) mass is 285 g/mol. The van der Waals surface area contributed by atoms with E-state index < -0.39 is 0 Å². The van der Waals surface area contributed by atoms with Gasteiger partial charge in [-0.3, -0.25) is 0 Å². The molecule has 2 aromatic rings. The summed E-state index contributed by atoms with van der Waals surface area (Å²) in [5.74, 6) is 0. The van der Waals surface area contributed by atoms with Crippen LogP contribution in [0.4, 0.5) is 0 Å². The first kappa shape index (κ1) is 14.8. The maximum Gasteiger partial charge on any atom is 0.0582 e. The smallest absolute Gasteiger partial charge is 0.0582 e. The lowest BCUT2D eigenvalue weighted by molar-refractivity contribution is 0.645. The van der Waals surface area contributed by atoms with Crippen LogP contribution in [0.15, 0.2) is 60.1 Å². The lowest BCUT2D eigenvalue weighted by atomic mass is 9.93. The number of halogens is 1. The molecule has 1 atom stereocenters. The van der Waals surface area contributed by atoms with E-state index in [9.17, 15) is 0 Å². The maximum absolute atomic E-state index is 5.91. The van der Waals surface area contributed by atoms with Gasteiger partial charge in [0.1, 0.15) is 0 Å². The van der Waals surface area contributed by atoms with Crippen molar-refractivity contribution in [2.24, 2.45) is 0 Å². The van der Waals surface area contributed by atoms with Crippen molar-refractivity contribution in [2.45, 2.75) is 19.9 Å². The fourth-order valence-electron chi connectivity index (χ4n) is 2.34. The Bertz CT molecular complexity index is 590. The molecule has 1 nitrogen and oxygen atoms in total. The van der Waals surface area contributed by atoms with Crippen molar-refractivity contribution < 1.29 is 0 Å². The second-order valence-corrected chi connectivity index (χ2v) is 5.64. The molecule has 0 amide bonds. The molecule has 0 saturated carbocycles. The van der Waals surface area contributed by atoms with E-state index in [4.69, 9.17) is 11.6 Å². The molecular weight excluding hydrogens is 266 g/mol. The van der Waals surface area contributed by atoms with Crippen LogP contribution in [0.5, 0.6) is 0 Å². The number of hydrogen-bond donors (Lipinski definition) is 1. The third kappa shape index (κ3) is 3.72. The molecule has 0 fully saturated rings. The first-order valence-corrected chi connectivity index (χ1v) is 7.14.